The monoisotopic (exact) mass is 388 g/mol. The fourth-order valence-corrected chi connectivity index (χ4v) is 3.01. The second-order valence-corrected chi connectivity index (χ2v) is 7.77. The van der Waals surface area contributed by atoms with Crippen LogP contribution >= 0.6 is 0 Å². The number of hydrogen-bond acceptors (Lipinski definition) is 7. The first-order valence-electron chi connectivity index (χ1n) is 9.22. The second kappa shape index (κ2) is 7.95. The number of piperidine rings is 1. The van der Waals surface area contributed by atoms with Crippen LogP contribution in [0.3, 0.4) is 0 Å². The van der Waals surface area contributed by atoms with Crippen LogP contribution in [0, 0.1) is 5.92 Å². The van der Waals surface area contributed by atoms with E-state index >= 15 is 0 Å². The average molecular weight is 388 g/mol. The highest BCUT2D eigenvalue weighted by atomic mass is 16.6. The normalized spacial score (nSPS) is 17.4. The van der Waals surface area contributed by atoms with Gasteiger partial charge in [0.2, 0.25) is 0 Å². The van der Waals surface area contributed by atoms with Crippen molar-refractivity contribution in [1.82, 2.24) is 19.9 Å². The van der Waals surface area contributed by atoms with Crippen LogP contribution < -0.4 is 5.56 Å². The Morgan fingerprint density at radius 1 is 1.25 bits per heavy atom. The third kappa shape index (κ3) is 4.65. The molecule has 0 unspecified atom stereocenters. The summed E-state index contributed by atoms with van der Waals surface area (Å²) in [6, 6.07) is 6.83. The van der Waals surface area contributed by atoms with Gasteiger partial charge >= 0.3 is 12.1 Å². The predicted molar refractivity (Wildman–Crippen MR) is 100 cm³/mol. The van der Waals surface area contributed by atoms with Gasteiger partial charge in [0, 0.05) is 13.1 Å². The molecule has 1 saturated heterocycles. The van der Waals surface area contributed by atoms with E-state index in [4.69, 9.17) is 9.47 Å². The molecule has 9 heteroatoms. The summed E-state index contributed by atoms with van der Waals surface area (Å²) >= 11 is 0. The number of rotatable bonds is 3. The Hall–Kier alpha value is -2.97. The molecular formula is C19H24N4O5. The van der Waals surface area contributed by atoms with Gasteiger partial charge in [-0.05, 0) is 45.7 Å². The van der Waals surface area contributed by atoms with Crippen LogP contribution in [0.4, 0.5) is 4.79 Å². The van der Waals surface area contributed by atoms with E-state index in [1.54, 1.807) is 45.0 Å². The van der Waals surface area contributed by atoms with Crippen molar-refractivity contribution in [3.63, 3.8) is 0 Å². The smallest absolute Gasteiger partial charge is 0.410 e. The maximum atomic E-state index is 12.4. The zero-order valence-corrected chi connectivity index (χ0v) is 16.3. The molecule has 0 spiro atoms. The van der Waals surface area contributed by atoms with Gasteiger partial charge in [0.25, 0.3) is 5.56 Å². The summed E-state index contributed by atoms with van der Waals surface area (Å²) in [5.41, 5.74) is -0.492. The van der Waals surface area contributed by atoms with Crippen molar-refractivity contribution in [2.75, 3.05) is 13.1 Å². The van der Waals surface area contributed by atoms with Gasteiger partial charge < -0.3 is 14.4 Å². The first kappa shape index (κ1) is 19.8. The van der Waals surface area contributed by atoms with E-state index in [9.17, 15) is 14.4 Å². The van der Waals surface area contributed by atoms with Crippen LogP contribution in [0.2, 0.25) is 0 Å². The zero-order chi connectivity index (χ0) is 20.3. The first-order valence-corrected chi connectivity index (χ1v) is 9.22. The zero-order valence-electron chi connectivity index (χ0n) is 16.3. The van der Waals surface area contributed by atoms with Gasteiger partial charge in [0.1, 0.15) is 11.1 Å². The highest BCUT2D eigenvalue weighted by Gasteiger charge is 2.32. The molecule has 9 nitrogen and oxygen atoms in total. The van der Waals surface area contributed by atoms with Crippen LogP contribution in [0.25, 0.3) is 10.9 Å². The minimum atomic E-state index is -0.597. The first-order chi connectivity index (χ1) is 13.2. The Bertz CT molecular complexity index is 934. The number of esters is 1. The number of benzene rings is 1. The number of carbonyl (C=O) groups is 2. The number of hydrogen-bond donors (Lipinski definition) is 0. The molecule has 1 fully saturated rings. The summed E-state index contributed by atoms with van der Waals surface area (Å²) < 4.78 is 11.6. The van der Waals surface area contributed by atoms with Crippen molar-refractivity contribution >= 4 is 23.0 Å². The second-order valence-electron chi connectivity index (χ2n) is 7.77. The van der Waals surface area contributed by atoms with Crippen LogP contribution in [-0.4, -0.2) is 50.6 Å². The van der Waals surface area contributed by atoms with Crippen molar-refractivity contribution in [2.24, 2.45) is 5.92 Å². The van der Waals surface area contributed by atoms with Crippen LogP contribution in [0.5, 0.6) is 0 Å². The van der Waals surface area contributed by atoms with E-state index in [-0.39, 0.29) is 18.8 Å². The lowest BCUT2D eigenvalue weighted by Gasteiger charge is -2.33. The molecule has 0 saturated carbocycles. The number of ether oxygens (including phenoxy) is 2. The Morgan fingerprint density at radius 3 is 2.75 bits per heavy atom. The molecule has 1 aliphatic rings. The Kier molecular flexibility index (Phi) is 5.62. The predicted octanol–water partition coefficient (Wildman–Crippen LogP) is 1.94. The third-order valence-electron chi connectivity index (χ3n) is 4.36. The summed E-state index contributed by atoms with van der Waals surface area (Å²) in [6.45, 7) is 5.83. The van der Waals surface area contributed by atoms with Gasteiger partial charge in [-0.25, -0.2) is 4.79 Å². The summed E-state index contributed by atoms with van der Waals surface area (Å²) in [5.74, 6) is -0.944. The van der Waals surface area contributed by atoms with E-state index in [0.29, 0.717) is 30.3 Å². The molecule has 1 atom stereocenters. The minimum absolute atomic E-state index is 0.228. The highest BCUT2D eigenvalue weighted by molar-refractivity contribution is 5.76. The number of amides is 1. The summed E-state index contributed by atoms with van der Waals surface area (Å²) in [5, 5.41) is 8.16. The maximum Gasteiger partial charge on any atom is 0.410 e. The van der Waals surface area contributed by atoms with Crippen molar-refractivity contribution in [1.29, 1.82) is 0 Å². The largest absolute Gasteiger partial charge is 0.444 e. The molecule has 1 aliphatic heterocycles. The van der Waals surface area contributed by atoms with Crippen molar-refractivity contribution < 1.29 is 19.1 Å². The Balaban J connectivity index is 1.61. The molecule has 1 aromatic heterocycles. The number of aromatic nitrogens is 3. The van der Waals surface area contributed by atoms with E-state index < -0.39 is 23.6 Å². The lowest BCUT2D eigenvalue weighted by Crippen LogP contribution is -2.45. The molecule has 0 aliphatic carbocycles. The Labute approximate surface area is 162 Å². The van der Waals surface area contributed by atoms with Gasteiger partial charge in [0.05, 0.1) is 11.3 Å². The highest BCUT2D eigenvalue weighted by Crippen LogP contribution is 2.20. The van der Waals surface area contributed by atoms with Crippen molar-refractivity contribution in [3.8, 4) is 0 Å². The van der Waals surface area contributed by atoms with E-state index in [1.807, 2.05) is 0 Å². The molecule has 1 aromatic carbocycles. The molecule has 2 heterocycles. The maximum absolute atomic E-state index is 12.4. The molecule has 3 rings (SSSR count). The summed E-state index contributed by atoms with van der Waals surface area (Å²) in [6.07, 6.45) is 0.840. The molecule has 2 aromatic rings. The fourth-order valence-electron chi connectivity index (χ4n) is 3.01. The van der Waals surface area contributed by atoms with E-state index in [0.717, 1.165) is 4.68 Å². The molecule has 28 heavy (non-hydrogen) atoms. The minimum Gasteiger partial charge on any atom is -0.444 e. The summed E-state index contributed by atoms with van der Waals surface area (Å²) in [7, 11) is 0. The van der Waals surface area contributed by atoms with Gasteiger partial charge in [-0.15, -0.1) is 5.10 Å². The number of fused-ring (bicyclic) bond motifs is 1. The average Bonchev–Trinajstić information content (AvgIpc) is 2.66. The standard InChI is InChI=1S/C19H24N4O5/c1-19(2,3)28-18(26)22-10-6-7-13(11-22)17(25)27-12-23-16(24)14-8-4-5-9-15(14)20-21-23/h4-5,8-9,13H,6-7,10-12H2,1-3H3/t13-/m1/s1. The van der Waals surface area contributed by atoms with Gasteiger partial charge in [-0.2, -0.15) is 4.68 Å². The van der Waals surface area contributed by atoms with Crippen LogP contribution in [0.1, 0.15) is 33.6 Å². The van der Waals surface area contributed by atoms with Gasteiger partial charge in [-0.3, -0.25) is 9.59 Å². The third-order valence-corrected chi connectivity index (χ3v) is 4.36. The molecule has 150 valence electrons. The van der Waals surface area contributed by atoms with Gasteiger partial charge in [-0.1, -0.05) is 17.3 Å². The SMILES string of the molecule is CC(C)(C)OC(=O)N1CCC[C@@H](C(=O)OCn2nnc3ccccc3c2=O)C1. The lowest BCUT2D eigenvalue weighted by atomic mass is 9.99. The van der Waals surface area contributed by atoms with E-state index in [1.165, 1.54) is 4.90 Å². The molecular weight excluding hydrogens is 364 g/mol. The topological polar surface area (TPSA) is 104 Å². The molecule has 0 radical (unpaired) electrons. The summed E-state index contributed by atoms with van der Waals surface area (Å²) in [4.78, 5) is 38.6. The molecule has 0 bridgehead atoms. The van der Waals surface area contributed by atoms with Gasteiger partial charge in [0.15, 0.2) is 6.73 Å². The van der Waals surface area contributed by atoms with Crippen molar-refractivity contribution in [3.05, 3.63) is 34.6 Å². The van der Waals surface area contributed by atoms with Crippen LogP contribution in [0.15, 0.2) is 29.1 Å². The molecule has 0 N–H and O–H groups in total. The number of likely N-dealkylation sites (tertiary alicyclic amines) is 1. The van der Waals surface area contributed by atoms with Crippen molar-refractivity contribution in [2.45, 2.75) is 45.9 Å². The lowest BCUT2D eigenvalue weighted by molar-refractivity contribution is -0.154. The quantitative estimate of drug-likeness (QED) is 0.740. The Morgan fingerprint density at radius 2 is 2.00 bits per heavy atom. The van der Waals surface area contributed by atoms with E-state index in [2.05, 4.69) is 10.3 Å². The fraction of sp³-hybridized carbons (Fsp3) is 0.526. The number of carbonyl (C=O) groups excluding carboxylic acids is 2. The molecule has 1 amide bonds. The van der Waals surface area contributed by atoms with Crippen LogP contribution in [-0.2, 0) is 21.0 Å². The number of nitrogens with zero attached hydrogens (tertiary/aromatic N) is 4.